The minimum Gasteiger partial charge on any atom is -0.491 e. The van der Waals surface area contributed by atoms with Crippen LogP contribution >= 0.6 is 12.4 Å². The lowest BCUT2D eigenvalue weighted by molar-refractivity contribution is 0.0679. The van der Waals surface area contributed by atoms with E-state index in [-0.39, 0.29) is 30.5 Å². The van der Waals surface area contributed by atoms with E-state index in [2.05, 4.69) is 17.6 Å². The Hall–Kier alpha value is -1.30. The molecule has 1 aromatic carbocycles. The van der Waals surface area contributed by atoms with Gasteiger partial charge in [-0.3, -0.25) is 4.79 Å². The summed E-state index contributed by atoms with van der Waals surface area (Å²) in [5.74, 6) is 1.19. The van der Waals surface area contributed by atoms with E-state index in [4.69, 9.17) is 9.47 Å². The van der Waals surface area contributed by atoms with E-state index in [0.717, 1.165) is 44.7 Å². The summed E-state index contributed by atoms with van der Waals surface area (Å²) < 4.78 is 11.3. The molecule has 134 valence electrons. The highest BCUT2D eigenvalue weighted by molar-refractivity contribution is 5.94. The molecule has 2 aliphatic heterocycles. The van der Waals surface area contributed by atoms with Crippen molar-refractivity contribution in [1.29, 1.82) is 0 Å². The maximum Gasteiger partial charge on any atom is 0.251 e. The summed E-state index contributed by atoms with van der Waals surface area (Å²) in [6.45, 7) is 5.42. The molecule has 3 rings (SSSR count). The number of carbonyl (C=O) groups excluding carboxylic acids is 1. The summed E-state index contributed by atoms with van der Waals surface area (Å²) in [5, 5.41) is 6.46. The number of hydrogen-bond donors (Lipinski definition) is 2. The van der Waals surface area contributed by atoms with Crippen molar-refractivity contribution in [3.05, 3.63) is 29.8 Å². The molecule has 3 atom stereocenters. The lowest BCUT2D eigenvalue weighted by Gasteiger charge is -2.30. The predicted molar refractivity (Wildman–Crippen MR) is 96.1 cm³/mol. The van der Waals surface area contributed by atoms with Gasteiger partial charge < -0.3 is 20.1 Å². The molecular weight excluding hydrogens is 328 g/mol. The van der Waals surface area contributed by atoms with Crippen molar-refractivity contribution < 1.29 is 14.3 Å². The van der Waals surface area contributed by atoms with Crippen LogP contribution in [-0.2, 0) is 4.74 Å². The van der Waals surface area contributed by atoms with Crippen LogP contribution in [0, 0.1) is 5.92 Å². The minimum atomic E-state index is -0.0342. The Morgan fingerprint density at radius 1 is 1.42 bits per heavy atom. The van der Waals surface area contributed by atoms with Gasteiger partial charge in [-0.05, 0) is 49.9 Å². The first-order valence-electron chi connectivity index (χ1n) is 8.58. The van der Waals surface area contributed by atoms with E-state index in [9.17, 15) is 4.79 Å². The summed E-state index contributed by atoms with van der Waals surface area (Å²) >= 11 is 0. The van der Waals surface area contributed by atoms with Gasteiger partial charge in [0, 0.05) is 24.8 Å². The van der Waals surface area contributed by atoms with Crippen LogP contribution in [0.15, 0.2) is 24.3 Å². The molecular formula is C18H27ClN2O3. The molecule has 0 radical (unpaired) electrons. The highest BCUT2D eigenvalue weighted by Gasteiger charge is 2.23. The molecule has 24 heavy (non-hydrogen) atoms. The number of ether oxygens (including phenoxy) is 2. The van der Waals surface area contributed by atoms with Crippen LogP contribution in [0.4, 0.5) is 0 Å². The van der Waals surface area contributed by atoms with E-state index in [1.807, 2.05) is 24.3 Å². The lowest BCUT2D eigenvalue weighted by atomic mass is 9.94. The fourth-order valence-corrected chi connectivity index (χ4v) is 3.13. The molecule has 5 nitrogen and oxygen atoms in total. The van der Waals surface area contributed by atoms with E-state index in [1.165, 1.54) is 0 Å². The quantitative estimate of drug-likeness (QED) is 0.852. The molecule has 0 aromatic heterocycles. The summed E-state index contributed by atoms with van der Waals surface area (Å²) in [6.07, 6.45) is 3.42. The fraction of sp³-hybridized carbons (Fsp3) is 0.611. The second kappa shape index (κ2) is 9.25. The highest BCUT2D eigenvalue weighted by atomic mass is 35.5. The zero-order chi connectivity index (χ0) is 16.1. The summed E-state index contributed by atoms with van der Waals surface area (Å²) in [7, 11) is 0. The maximum absolute atomic E-state index is 12.5. The number of hydrogen-bond acceptors (Lipinski definition) is 4. The molecule has 1 aromatic rings. The number of carbonyl (C=O) groups is 1. The number of rotatable bonds is 5. The molecule has 0 saturated carbocycles. The topological polar surface area (TPSA) is 59.6 Å². The molecule has 0 aliphatic carbocycles. The molecule has 0 bridgehead atoms. The van der Waals surface area contributed by atoms with Gasteiger partial charge in [-0.25, -0.2) is 0 Å². The Bertz CT molecular complexity index is 535. The third kappa shape index (κ3) is 5.10. The summed E-state index contributed by atoms with van der Waals surface area (Å²) in [6, 6.07) is 7.58. The molecule has 2 aliphatic rings. The molecule has 2 fully saturated rings. The zero-order valence-electron chi connectivity index (χ0n) is 14.1. The first-order chi connectivity index (χ1) is 11.2. The number of benzene rings is 1. The lowest BCUT2D eigenvalue weighted by Crippen LogP contribution is -2.50. The van der Waals surface area contributed by atoms with Crippen molar-refractivity contribution in [2.24, 2.45) is 5.92 Å². The molecule has 2 saturated heterocycles. The third-order valence-electron chi connectivity index (χ3n) is 4.70. The minimum absolute atomic E-state index is 0. The largest absolute Gasteiger partial charge is 0.491 e. The molecule has 6 heteroatoms. The molecule has 1 amide bonds. The van der Waals surface area contributed by atoms with Crippen LogP contribution in [0.5, 0.6) is 5.75 Å². The van der Waals surface area contributed by atoms with Gasteiger partial charge in [-0.15, -0.1) is 12.4 Å². The SMILES string of the molecule is CC1CCNCC1NC(=O)c1cccc(OCC2CCCO2)c1.Cl. The standard InChI is InChI=1S/C18H26N2O3.ClH/c1-13-7-8-19-11-17(13)20-18(21)14-4-2-5-15(10-14)23-12-16-6-3-9-22-16;/h2,4-5,10,13,16-17,19H,3,6-9,11-12H2,1H3,(H,20,21);1H. The number of halogens is 1. The predicted octanol–water partition coefficient (Wildman–Crippen LogP) is 2.39. The molecule has 3 unspecified atom stereocenters. The van der Waals surface area contributed by atoms with E-state index in [1.54, 1.807) is 0 Å². The van der Waals surface area contributed by atoms with Crippen molar-refractivity contribution in [3.8, 4) is 5.75 Å². The van der Waals surface area contributed by atoms with Crippen LogP contribution in [0.2, 0.25) is 0 Å². The van der Waals surface area contributed by atoms with E-state index < -0.39 is 0 Å². The van der Waals surface area contributed by atoms with Crippen LogP contribution in [0.1, 0.15) is 36.5 Å². The number of piperidine rings is 1. The fourth-order valence-electron chi connectivity index (χ4n) is 3.13. The average Bonchev–Trinajstić information content (AvgIpc) is 3.09. The Labute approximate surface area is 149 Å². The Balaban J connectivity index is 0.00000208. The maximum atomic E-state index is 12.5. The normalized spacial score (nSPS) is 26.5. The van der Waals surface area contributed by atoms with Crippen molar-refractivity contribution >= 4 is 18.3 Å². The molecule has 2 N–H and O–H groups in total. The van der Waals surface area contributed by atoms with E-state index in [0.29, 0.717) is 18.1 Å². The van der Waals surface area contributed by atoms with Gasteiger partial charge in [-0.2, -0.15) is 0 Å². The van der Waals surface area contributed by atoms with Gasteiger partial charge in [0.25, 0.3) is 5.91 Å². The van der Waals surface area contributed by atoms with Crippen molar-refractivity contribution in [2.45, 2.75) is 38.3 Å². The zero-order valence-corrected chi connectivity index (χ0v) is 14.9. The smallest absolute Gasteiger partial charge is 0.251 e. The van der Waals surface area contributed by atoms with Crippen LogP contribution in [-0.4, -0.2) is 44.4 Å². The van der Waals surface area contributed by atoms with Crippen LogP contribution in [0.25, 0.3) is 0 Å². The van der Waals surface area contributed by atoms with Crippen molar-refractivity contribution in [3.63, 3.8) is 0 Å². The van der Waals surface area contributed by atoms with Gasteiger partial charge in [0.05, 0.1) is 6.10 Å². The summed E-state index contributed by atoms with van der Waals surface area (Å²) in [5.41, 5.74) is 0.646. The van der Waals surface area contributed by atoms with Crippen molar-refractivity contribution in [1.82, 2.24) is 10.6 Å². The molecule has 0 spiro atoms. The van der Waals surface area contributed by atoms with Crippen LogP contribution < -0.4 is 15.4 Å². The Kier molecular flexibility index (Phi) is 7.34. The Morgan fingerprint density at radius 3 is 3.04 bits per heavy atom. The second-order valence-electron chi connectivity index (χ2n) is 6.52. The number of amides is 1. The first kappa shape index (κ1) is 19.0. The average molecular weight is 355 g/mol. The van der Waals surface area contributed by atoms with E-state index >= 15 is 0 Å². The highest BCUT2D eigenvalue weighted by Crippen LogP contribution is 2.18. The van der Waals surface area contributed by atoms with Gasteiger partial charge >= 0.3 is 0 Å². The molecule has 2 heterocycles. The van der Waals surface area contributed by atoms with Crippen LogP contribution in [0.3, 0.4) is 0 Å². The van der Waals surface area contributed by atoms with Gasteiger partial charge in [0.2, 0.25) is 0 Å². The van der Waals surface area contributed by atoms with Crippen molar-refractivity contribution in [2.75, 3.05) is 26.3 Å². The summed E-state index contributed by atoms with van der Waals surface area (Å²) in [4.78, 5) is 12.5. The van der Waals surface area contributed by atoms with Gasteiger partial charge in [-0.1, -0.05) is 13.0 Å². The second-order valence-corrected chi connectivity index (χ2v) is 6.52. The Morgan fingerprint density at radius 2 is 2.29 bits per heavy atom. The number of nitrogens with one attached hydrogen (secondary N) is 2. The van der Waals surface area contributed by atoms with Gasteiger partial charge in [0.15, 0.2) is 0 Å². The van der Waals surface area contributed by atoms with Gasteiger partial charge in [0.1, 0.15) is 12.4 Å². The monoisotopic (exact) mass is 354 g/mol. The third-order valence-corrected chi connectivity index (χ3v) is 4.70. The first-order valence-corrected chi connectivity index (χ1v) is 8.58.